The van der Waals surface area contributed by atoms with Crippen LogP contribution in [0.1, 0.15) is 25.8 Å². The zero-order chi connectivity index (χ0) is 19.1. The van der Waals surface area contributed by atoms with Gasteiger partial charge in [-0.15, -0.1) is 10.2 Å². The van der Waals surface area contributed by atoms with E-state index < -0.39 is 24.0 Å². The van der Waals surface area contributed by atoms with Crippen molar-refractivity contribution < 1.29 is 19.4 Å². The van der Waals surface area contributed by atoms with E-state index in [0.29, 0.717) is 22.8 Å². The third kappa shape index (κ3) is 4.99. The lowest BCUT2D eigenvalue weighted by atomic mass is 10.1. The molecule has 26 heavy (non-hydrogen) atoms. The first-order valence-corrected chi connectivity index (χ1v) is 8.41. The lowest BCUT2D eigenvalue weighted by Crippen LogP contribution is -2.45. The molecule has 1 aromatic heterocycles. The van der Waals surface area contributed by atoms with Gasteiger partial charge in [0.1, 0.15) is 6.04 Å². The van der Waals surface area contributed by atoms with Crippen molar-refractivity contribution in [2.45, 2.75) is 31.8 Å². The molecule has 0 aliphatic carbocycles. The maximum Gasteiger partial charge on any atom is 0.326 e. The van der Waals surface area contributed by atoms with Crippen molar-refractivity contribution in [1.82, 2.24) is 25.5 Å². The zero-order valence-electron chi connectivity index (χ0n) is 14.4. The number of benzene rings is 1. The summed E-state index contributed by atoms with van der Waals surface area (Å²) >= 11 is 5.86. The molecule has 2 rings (SSSR count). The SMILES string of the molecule is CCC(C(=O)NC(CCOC)C(=O)O)n1nnc(-c2ccc(Cl)cc2)n1. The van der Waals surface area contributed by atoms with E-state index in [1.165, 1.54) is 11.9 Å². The molecule has 2 N–H and O–H groups in total. The summed E-state index contributed by atoms with van der Waals surface area (Å²) in [6.07, 6.45) is 0.535. The molecule has 9 nitrogen and oxygen atoms in total. The first-order chi connectivity index (χ1) is 12.5. The molecule has 0 spiro atoms. The molecule has 0 saturated heterocycles. The van der Waals surface area contributed by atoms with Gasteiger partial charge in [0.15, 0.2) is 6.04 Å². The molecule has 2 atom stereocenters. The molecule has 0 radical (unpaired) electrons. The fourth-order valence-corrected chi connectivity index (χ4v) is 2.41. The van der Waals surface area contributed by atoms with E-state index in [1.54, 1.807) is 31.2 Å². The highest BCUT2D eigenvalue weighted by atomic mass is 35.5. The molecule has 140 valence electrons. The monoisotopic (exact) mass is 381 g/mol. The van der Waals surface area contributed by atoms with Gasteiger partial charge >= 0.3 is 5.97 Å². The number of rotatable bonds is 9. The van der Waals surface area contributed by atoms with Crippen LogP contribution in [0.15, 0.2) is 24.3 Å². The molecule has 1 heterocycles. The Morgan fingerprint density at radius 3 is 2.62 bits per heavy atom. The highest BCUT2D eigenvalue weighted by Gasteiger charge is 2.27. The molecule has 1 amide bonds. The number of aliphatic carboxylic acids is 1. The third-order valence-corrected chi connectivity index (χ3v) is 3.98. The predicted octanol–water partition coefficient (Wildman–Crippen LogP) is 1.55. The van der Waals surface area contributed by atoms with Gasteiger partial charge in [-0.3, -0.25) is 4.79 Å². The van der Waals surface area contributed by atoms with Crippen LogP contribution in [-0.2, 0) is 14.3 Å². The lowest BCUT2D eigenvalue weighted by Gasteiger charge is -2.18. The molecule has 10 heteroatoms. The summed E-state index contributed by atoms with van der Waals surface area (Å²) in [5.74, 6) is -1.27. The largest absolute Gasteiger partial charge is 0.480 e. The zero-order valence-corrected chi connectivity index (χ0v) is 15.2. The van der Waals surface area contributed by atoms with Gasteiger partial charge in [-0.2, -0.15) is 4.80 Å². The number of carbonyl (C=O) groups is 2. The fourth-order valence-electron chi connectivity index (χ4n) is 2.29. The van der Waals surface area contributed by atoms with E-state index in [0.717, 1.165) is 0 Å². The van der Waals surface area contributed by atoms with Gasteiger partial charge in [-0.05, 0) is 35.9 Å². The van der Waals surface area contributed by atoms with E-state index in [1.807, 2.05) is 0 Å². The average Bonchev–Trinajstić information content (AvgIpc) is 3.09. The highest BCUT2D eigenvalue weighted by Crippen LogP contribution is 2.18. The van der Waals surface area contributed by atoms with Gasteiger partial charge in [-0.25, -0.2) is 4.79 Å². The van der Waals surface area contributed by atoms with E-state index in [4.69, 9.17) is 16.3 Å². The molecule has 0 aliphatic rings. The van der Waals surface area contributed by atoms with Gasteiger partial charge in [0.05, 0.1) is 0 Å². The first-order valence-electron chi connectivity index (χ1n) is 8.03. The molecule has 1 aromatic carbocycles. The first kappa shape index (κ1) is 19.8. The van der Waals surface area contributed by atoms with Crippen molar-refractivity contribution in [3.8, 4) is 11.4 Å². The Balaban J connectivity index is 2.13. The van der Waals surface area contributed by atoms with Gasteiger partial charge < -0.3 is 15.2 Å². The third-order valence-electron chi connectivity index (χ3n) is 3.72. The predicted molar refractivity (Wildman–Crippen MR) is 93.7 cm³/mol. The van der Waals surface area contributed by atoms with Gasteiger partial charge in [-0.1, -0.05) is 18.5 Å². The second-order valence-electron chi connectivity index (χ2n) is 5.55. The van der Waals surface area contributed by atoms with Crippen LogP contribution in [0.25, 0.3) is 11.4 Å². The minimum absolute atomic E-state index is 0.162. The van der Waals surface area contributed by atoms with Gasteiger partial charge in [0.25, 0.3) is 0 Å². The molecular formula is C16H20ClN5O4. The second-order valence-corrected chi connectivity index (χ2v) is 5.98. The number of nitrogens with zero attached hydrogens (tertiary/aromatic N) is 4. The number of aromatic nitrogens is 4. The summed E-state index contributed by atoms with van der Waals surface area (Å²) in [6, 6.07) is 5.08. The topological polar surface area (TPSA) is 119 Å². The maximum absolute atomic E-state index is 12.5. The summed E-state index contributed by atoms with van der Waals surface area (Å²) < 4.78 is 4.87. The van der Waals surface area contributed by atoms with Crippen LogP contribution >= 0.6 is 11.6 Å². The number of hydrogen-bond donors (Lipinski definition) is 2. The smallest absolute Gasteiger partial charge is 0.326 e. The van der Waals surface area contributed by atoms with Crippen molar-refractivity contribution >= 4 is 23.5 Å². The Bertz CT molecular complexity index is 749. The van der Waals surface area contributed by atoms with Crippen molar-refractivity contribution in [2.24, 2.45) is 0 Å². The summed E-state index contributed by atoms with van der Waals surface area (Å²) in [5.41, 5.74) is 0.708. The molecule has 0 aliphatic heterocycles. The van der Waals surface area contributed by atoms with E-state index in [9.17, 15) is 14.7 Å². The van der Waals surface area contributed by atoms with Crippen LogP contribution in [-0.4, -0.2) is 56.9 Å². The quantitative estimate of drug-likeness (QED) is 0.676. The number of amides is 1. The van der Waals surface area contributed by atoms with Crippen molar-refractivity contribution in [2.75, 3.05) is 13.7 Å². The maximum atomic E-state index is 12.5. The molecule has 2 aromatic rings. The molecule has 2 unspecified atom stereocenters. The van der Waals surface area contributed by atoms with Crippen molar-refractivity contribution in [3.05, 3.63) is 29.3 Å². The molecular weight excluding hydrogens is 362 g/mol. The van der Waals surface area contributed by atoms with E-state index in [-0.39, 0.29) is 13.0 Å². The number of hydrogen-bond acceptors (Lipinski definition) is 6. The van der Waals surface area contributed by atoms with E-state index in [2.05, 4.69) is 20.7 Å². The minimum atomic E-state index is -1.13. The van der Waals surface area contributed by atoms with Crippen LogP contribution < -0.4 is 5.32 Å². The molecule has 0 bridgehead atoms. The van der Waals surface area contributed by atoms with Gasteiger partial charge in [0.2, 0.25) is 11.7 Å². The Hall–Kier alpha value is -2.52. The highest BCUT2D eigenvalue weighted by molar-refractivity contribution is 6.30. The number of carboxylic acid groups (broad SMARTS) is 1. The van der Waals surface area contributed by atoms with Crippen molar-refractivity contribution in [3.63, 3.8) is 0 Å². The standard InChI is InChI=1S/C16H20ClN5O4/c1-3-13(15(23)18-12(16(24)25)8-9-26-2)22-20-14(19-21-22)10-4-6-11(17)7-5-10/h4-7,12-13H,3,8-9H2,1-2H3,(H,18,23)(H,24,25). The molecule has 0 saturated carbocycles. The number of ether oxygens (including phenoxy) is 1. The summed E-state index contributed by atoms with van der Waals surface area (Å²) in [5, 5.41) is 24.4. The van der Waals surface area contributed by atoms with Crippen LogP contribution in [0, 0.1) is 0 Å². The fraction of sp³-hybridized carbons (Fsp3) is 0.438. The number of carboxylic acids is 1. The van der Waals surface area contributed by atoms with Crippen LogP contribution in [0.3, 0.4) is 0 Å². The normalized spacial score (nSPS) is 13.2. The Kier molecular flexibility index (Phi) is 7.05. The number of nitrogens with one attached hydrogen (secondary N) is 1. The lowest BCUT2D eigenvalue weighted by molar-refractivity contribution is -0.143. The average molecular weight is 382 g/mol. The number of methoxy groups -OCH3 is 1. The summed E-state index contributed by atoms with van der Waals surface area (Å²) in [4.78, 5) is 24.9. The Morgan fingerprint density at radius 2 is 2.04 bits per heavy atom. The van der Waals surface area contributed by atoms with Crippen molar-refractivity contribution in [1.29, 1.82) is 0 Å². The van der Waals surface area contributed by atoms with Crippen LogP contribution in [0.4, 0.5) is 0 Å². The number of carbonyl (C=O) groups excluding carboxylic acids is 1. The summed E-state index contributed by atoms with van der Waals surface area (Å²) in [6.45, 7) is 2.00. The summed E-state index contributed by atoms with van der Waals surface area (Å²) in [7, 11) is 1.47. The van der Waals surface area contributed by atoms with Crippen LogP contribution in [0.5, 0.6) is 0 Å². The Morgan fingerprint density at radius 1 is 1.35 bits per heavy atom. The van der Waals surface area contributed by atoms with Crippen LogP contribution in [0.2, 0.25) is 5.02 Å². The second kappa shape index (κ2) is 9.25. The number of halogens is 1. The minimum Gasteiger partial charge on any atom is -0.480 e. The van der Waals surface area contributed by atoms with E-state index >= 15 is 0 Å². The van der Waals surface area contributed by atoms with Gasteiger partial charge in [0, 0.05) is 30.7 Å². The number of tetrazole rings is 1. The Labute approximate surface area is 155 Å². The molecule has 0 fully saturated rings.